The van der Waals surface area contributed by atoms with Crippen molar-refractivity contribution >= 4 is 38.2 Å². The van der Waals surface area contributed by atoms with Crippen molar-refractivity contribution in [2.45, 2.75) is 19.8 Å². The van der Waals surface area contributed by atoms with E-state index in [2.05, 4.69) is 0 Å². The van der Waals surface area contributed by atoms with Gasteiger partial charge in [0.25, 0.3) is 10.1 Å². The average Bonchev–Trinajstić information content (AvgIpc) is 2.51. The Kier molecular flexibility index (Phi) is 7.96. The van der Waals surface area contributed by atoms with Crippen LogP contribution in [-0.4, -0.2) is 50.3 Å². The molecule has 0 atom stereocenters. The number of carbonyl (C=O) groups is 2. The number of unbranched alkanes of at least 4 members (excludes halogenated alkanes) is 1. The van der Waals surface area contributed by atoms with Crippen molar-refractivity contribution in [2.24, 2.45) is 0 Å². The molecule has 152 valence electrons. The lowest BCUT2D eigenvalue weighted by molar-refractivity contribution is 0.229. The largest absolute Gasteiger partial charge is 0.361 e. The van der Waals surface area contributed by atoms with Crippen LogP contribution in [0.3, 0.4) is 0 Å². The highest BCUT2D eigenvalue weighted by molar-refractivity contribution is 7.85. The van der Waals surface area contributed by atoms with Gasteiger partial charge in [-0.25, -0.2) is 25.2 Å². The van der Waals surface area contributed by atoms with Crippen molar-refractivity contribution in [2.75, 3.05) is 17.2 Å². The molecule has 14 heteroatoms. The molecule has 0 spiro atoms. The molecular formula is C13H20N4O8S2. The predicted octanol–water partition coefficient (Wildman–Crippen LogP) is 0.196. The number of nitrogens with one attached hydrogen (secondary N) is 3. The van der Waals surface area contributed by atoms with E-state index in [0.717, 1.165) is 0 Å². The van der Waals surface area contributed by atoms with Gasteiger partial charge in [0.1, 0.15) is 0 Å². The molecular weight excluding hydrogens is 404 g/mol. The lowest BCUT2D eigenvalue weighted by Crippen LogP contribution is -2.53. The maximum absolute atomic E-state index is 12.3. The van der Waals surface area contributed by atoms with Gasteiger partial charge in [-0.15, -0.1) is 0 Å². The molecule has 0 radical (unpaired) electrons. The summed E-state index contributed by atoms with van der Waals surface area (Å²) in [5.41, 5.74) is 4.91. The maximum atomic E-state index is 12.3. The number of rotatable bonds is 7. The molecule has 0 unspecified atom stereocenters. The van der Waals surface area contributed by atoms with Crippen molar-refractivity contribution in [3.63, 3.8) is 0 Å². The minimum atomic E-state index is -4.79. The summed E-state index contributed by atoms with van der Waals surface area (Å²) in [5.74, 6) is -0.467. The Morgan fingerprint density at radius 3 is 2.22 bits per heavy atom. The van der Waals surface area contributed by atoms with Crippen LogP contribution in [0.25, 0.3) is 0 Å². The van der Waals surface area contributed by atoms with Crippen LogP contribution in [0.5, 0.6) is 0 Å². The second kappa shape index (κ2) is 9.50. The van der Waals surface area contributed by atoms with Crippen LogP contribution in [0.4, 0.5) is 15.3 Å². The van der Waals surface area contributed by atoms with Gasteiger partial charge in [-0.1, -0.05) is 18.2 Å². The lowest BCUT2D eigenvalue weighted by atomic mass is 10.1. The molecule has 0 fully saturated rings. The summed E-state index contributed by atoms with van der Waals surface area (Å²) in [6, 6.07) is 4.54. The lowest BCUT2D eigenvalue weighted by Gasteiger charge is -2.24. The SMILES string of the molecule is Cc1ccccc1N(CCCCS(=O)(=O)O)C(=O)NNC(=O)NS(=O)(=O)O. The Morgan fingerprint density at radius 1 is 1.04 bits per heavy atom. The summed E-state index contributed by atoms with van der Waals surface area (Å²) >= 11 is 0. The van der Waals surface area contributed by atoms with Gasteiger partial charge in [-0.05, 0) is 31.4 Å². The molecule has 0 aliphatic heterocycles. The molecule has 0 aliphatic rings. The average molecular weight is 424 g/mol. The zero-order valence-electron chi connectivity index (χ0n) is 14.2. The topological polar surface area (TPSA) is 182 Å². The van der Waals surface area contributed by atoms with Gasteiger partial charge in [-0.2, -0.15) is 16.8 Å². The highest BCUT2D eigenvalue weighted by atomic mass is 32.2. The molecule has 0 bridgehead atoms. The van der Waals surface area contributed by atoms with E-state index >= 15 is 0 Å². The summed E-state index contributed by atoms with van der Waals surface area (Å²) in [4.78, 5) is 24.8. The standard InChI is InChI=1S/C13H20N4O8S2/c1-10-6-2-3-7-11(10)17(8-4-5-9-26(20,21)22)13(19)15-14-12(18)16-27(23,24)25/h2-3,6-7H,4-5,8-9H2,1H3,(H,15,19)(H2,14,16,18)(H,20,21,22)(H,23,24,25). The second-order valence-corrected chi connectivity index (χ2v) is 8.12. The summed E-state index contributed by atoms with van der Waals surface area (Å²) < 4.78 is 61.0. The first kappa shape index (κ1) is 22.6. The Balaban J connectivity index is 2.80. The fourth-order valence-electron chi connectivity index (χ4n) is 2.07. The number of hydrazine groups is 1. The van der Waals surface area contributed by atoms with Gasteiger partial charge in [0.05, 0.1) is 5.75 Å². The molecule has 0 saturated carbocycles. The Labute approximate surface area is 156 Å². The highest BCUT2D eigenvalue weighted by Crippen LogP contribution is 2.20. The number of carbonyl (C=O) groups excluding carboxylic acids is 2. The predicted molar refractivity (Wildman–Crippen MR) is 95.9 cm³/mol. The number of hydrogen-bond acceptors (Lipinski definition) is 6. The van der Waals surface area contributed by atoms with E-state index < -0.39 is 38.2 Å². The summed E-state index contributed by atoms with van der Waals surface area (Å²) in [6.45, 7) is 1.78. The van der Waals surface area contributed by atoms with Crippen LogP contribution in [0, 0.1) is 6.92 Å². The summed E-state index contributed by atoms with van der Waals surface area (Å²) in [6.07, 6.45) is 0.309. The van der Waals surface area contributed by atoms with E-state index in [0.29, 0.717) is 11.3 Å². The van der Waals surface area contributed by atoms with E-state index in [4.69, 9.17) is 9.11 Å². The van der Waals surface area contributed by atoms with E-state index in [-0.39, 0.29) is 19.4 Å². The molecule has 0 aliphatic carbocycles. The molecule has 27 heavy (non-hydrogen) atoms. The van der Waals surface area contributed by atoms with E-state index in [1.54, 1.807) is 36.6 Å². The highest BCUT2D eigenvalue weighted by Gasteiger charge is 2.19. The van der Waals surface area contributed by atoms with Crippen molar-refractivity contribution in [3.05, 3.63) is 29.8 Å². The van der Waals surface area contributed by atoms with Crippen molar-refractivity contribution < 1.29 is 35.5 Å². The number of anilines is 1. The Hall–Kier alpha value is -2.42. The van der Waals surface area contributed by atoms with Crippen LogP contribution >= 0.6 is 0 Å². The minimum absolute atomic E-state index is 0.0494. The second-order valence-electron chi connectivity index (χ2n) is 5.39. The number of benzene rings is 1. The third-order valence-corrected chi connectivity index (χ3v) is 4.44. The molecule has 5 N–H and O–H groups in total. The van der Waals surface area contributed by atoms with Crippen LogP contribution < -0.4 is 20.5 Å². The van der Waals surface area contributed by atoms with E-state index in [1.165, 1.54) is 9.62 Å². The van der Waals surface area contributed by atoms with Crippen LogP contribution in [0.1, 0.15) is 18.4 Å². The van der Waals surface area contributed by atoms with Crippen molar-refractivity contribution in [1.82, 2.24) is 15.6 Å². The van der Waals surface area contributed by atoms with E-state index in [1.807, 2.05) is 5.43 Å². The molecule has 4 amide bonds. The molecule has 1 rings (SSSR count). The Morgan fingerprint density at radius 2 is 1.67 bits per heavy atom. The Bertz CT molecular complexity index is 885. The fourth-order valence-corrected chi connectivity index (χ4v) is 2.93. The first-order valence-electron chi connectivity index (χ1n) is 7.52. The van der Waals surface area contributed by atoms with Gasteiger partial charge < -0.3 is 0 Å². The van der Waals surface area contributed by atoms with E-state index in [9.17, 15) is 26.4 Å². The molecule has 0 heterocycles. The van der Waals surface area contributed by atoms with Gasteiger partial charge in [-0.3, -0.25) is 14.0 Å². The number of amides is 4. The quantitative estimate of drug-likeness (QED) is 0.233. The third-order valence-electron chi connectivity index (χ3n) is 3.19. The van der Waals surface area contributed by atoms with Crippen LogP contribution in [-0.2, 0) is 20.4 Å². The summed E-state index contributed by atoms with van der Waals surface area (Å²) in [7, 11) is -8.91. The molecule has 0 aromatic heterocycles. The molecule has 1 aromatic rings. The monoisotopic (exact) mass is 424 g/mol. The molecule has 1 aromatic carbocycles. The van der Waals surface area contributed by atoms with Gasteiger partial charge >= 0.3 is 22.4 Å². The van der Waals surface area contributed by atoms with Gasteiger partial charge in [0.15, 0.2) is 0 Å². The third kappa shape index (κ3) is 9.18. The normalized spacial score (nSPS) is 11.5. The first-order chi connectivity index (χ1) is 12.4. The number of nitrogens with zero attached hydrogens (tertiary/aromatic N) is 1. The fraction of sp³-hybridized carbons (Fsp3) is 0.385. The summed E-state index contributed by atoms with van der Waals surface area (Å²) in [5, 5.41) is 0. The van der Waals surface area contributed by atoms with Crippen molar-refractivity contribution in [1.29, 1.82) is 0 Å². The zero-order valence-corrected chi connectivity index (χ0v) is 15.9. The minimum Gasteiger partial charge on any atom is -0.293 e. The number of hydrogen-bond donors (Lipinski definition) is 5. The molecule has 12 nitrogen and oxygen atoms in total. The maximum Gasteiger partial charge on any atom is 0.361 e. The van der Waals surface area contributed by atoms with Gasteiger partial charge in [0, 0.05) is 12.2 Å². The van der Waals surface area contributed by atoms with Crippen LogP contribution in [0.2, 0.25) is 0 Å². The number of para-hydroxylation sites is 1. The van der Waals surface area contributed by atoms with Crippen LogP contribution in [0.15, 0.2) is 24.3 Å². The molecule has 0 saturated heterocycles. The zero-order chi connectivity index (χ0) is 20.7. The first-order valence-corrected chi connectivity index (χ1v) is 10.6. The van der Waals surface area contributed by atoms with Crippen molar-refractivity contribution in [3.8, 4) is 0 Å². The van der Waals surface area contributed by atoms with Gasteiger partial charge in [0.2, 0.25) is 0 Å². The number of aryl methyl sites for hydroxylation is 1. The smallest absolute Gasteiger partial charge is 0.293 e. The number of urea groups is 2.